The van der Waals surface area contributed by atoms with Crippen molar-refractivity contribution in [2.45, 2.75) is 27.3 Å². The van der Waals surface area contributed by atoms with E-state index >= 15 is 0 Å². The van der Waals surface area contributed by atoms with Gasteiger partial charge in [-0.05, 0) is 32.2 Å². The van der Waals surface area contributed by atoms with E-state index in [9.17, 15) is 4.79 Å². The number of amides is 1. The Morgan fingerprint density at radius 1 is 1.53 bits per heavy atom. The predicted octanol–water partition coefficient (Wildman–Crippen LogP) is 2.50. The van der Waals surface area contributed by atoms with Crippen LogP contribution >= 0.6 is 23.7 Å². The lowest BCUT2D eigenvalue weighted by molar-refractivity contribution is -0.140. The fourth-order valence-corrected chi connectivity index (χ4v) is 2.15. The molecular formula is C12H21ClN2OS. The highest BCUT2D eigenvalue weighted by atomic mass is 35.5. The average Bonchev–Trinajstić information content (AvgIpc) is 2.77. The Balaban J connectivity index is 0.00000256. The molecular weight excluding hydrogens is 256 g/mol. The highest BCUT2D eigenvalue weighted by Gasteiger charge is 2.29. The van der Waals surface area contributed by atoms with Gasteiger partial charge in [0.15, 0.2) is 0 Å². The topological polar surface area (TPSA) is 46.3 Å². The normalized spacial score (nSPS) is 10.8. The van der Waals surface area contributed by atoms with Crippen molar-refractivity contribution in [1.82, 2.24) is 4.90 Å². The van der Waals surface area contributed by atoms with Crippen LogP contribution in [0, 0.1) is 5.41 Å². The molecule has 0 saturated carbocycles. The van der Waals surface area contributed by atoms with Crippen molar-refractivity contribution in [3.05, 3.63) is 22.4 Å². The van der Waals surface area contributed by atoms with Crippen molar-refractivity contribution in [3.63, 3.8) is 0 Å². The Hall–Kier alpha value is -0.580. The molecule has 17 heavy (non-hydrogen) atoms. The molecule has 0 radical (unpaired) electrons. The van der Waals surface area contributed by atoms with Crippen LogP contribution in [0.5, 0.6) is 0 Å². The monoisotopic (exact) mass is 276 g/mol. The van der Waals surface area contributed by atoms with Crippen LogP contribution in [0.3, 0.4) is 0 Å². The summed E-state index contributed by atoms with van der Waals surface area (Å²) >= 11 is 1.68. The van der Waals surface area contributed by atoms with Gasteiger partial charge in [-0.15, -0.1) is 23.7 Å². The van der Waals surface area contributed by atoms with Gasteiger partial charge in [0.25, 0.3) is 0 Å². The number of nitrogens with two attached hydrogens (primary N) is 1. The minimum atomic E-state index is -0.465. The van der Waals surface area contributed by atoms with E-state index in [1.54, 1.807) is 11.3 Å². The maximum Gasteiger partial charge on any atom is 0.229 e. The molecule has 0 bridgehead atoms. The summed E-state index contributed by atoms with van der Waals surface area (Å²) in [6.07, 6.45) is 0. The van der Waals surface area contributed by atoms with E-state index in [1.165, 1.54) is 4.88 Å². The zero-order valence-electron chi connectivity index (χ0n) is 10.6. The summed E-state index contributed by atoms with van der Waals surface area (Å²) < 4.78 is 0. The Morgan fingerprint density at radius 2 is 2.18 bits per heavy atom. The Kier molecular flexibility index (Phi) is 6.75. The number of carbonyl (C=O) groups excluding carboxylic acids is 1. The fraction of sp³-hybridized carbons (Fsp3) is 0.583. The Bertz CT molecular complexity index is 338. The van der Waals surface area contributed by atoms with Crippen molar-refractivity contribution in [2.75, 3.05) is 13.1 Å². The lowest BCUT2D eigenvalue weighted by atomic mass is 9.92. The average molecular weight is 277 g/mol. The van der Waals surface area contributed by atoms with Gasteiger partial charge in [-0.3, -0.25) is 4.79 Å². The lowest BCUT2D eigenvalue weighted by Gasteiger charge is -2.30. The first-order valence-corrected chi connectivity index (χ1v) is 6.41. The molecule has 98 valence electrons. The Morgan fingerprint density at radius 3 is 2.59 bits per heavy atom. The van der Waals surface area contributed by atoms with Crippen molar-refractivity contribution in [2.24, 2.45) is 11.1 Å². The van der Waals surface area contributed by atoms with Gasteiger partial charge >= 0.3 is 0 Å². The number of hydrogen-bond donors (Lipinski definition) is 1. The third kappa shape index (κ3) is 4.30. The van der Waals surface area contributed by atoms with E-state index in [-0.39, 0.29) is 18.3 Å². The number of carbonyl (C=O) groups is 1. The highest BCUT2D eigenvalue weighted by molar-refractivity contribution is 7.09. The van der Waals surface area contributed by atoms with Crippen LogP contribution in [-0.4, -0.2) is 23.9 Å². The van der Waals surface area contributed by atoms with E-state index in [2.05, 4.69) is 6.07 Å². The number of rotatable bonds is 5. The highest BCUT2D eigenvalue weighted by Crippen LogP contribution is 2.20. The van der Waals surface area contributed by atoms with Gasteiger partial charge < -0.3 is 10.6 Å². The molecule has 0 saturated heterocycles. The molecule has 0 aromatic carbocycles. The summed E-state index contributed by atoms with van der Waals surface area (Å²) in [4.78, 5) is 15.3. The van der Waals surface area contributed by atoms with Gasteiger partial charge in [-0.2, -0.15) is 0 Å². The van der Waals surface area contributed by atoms with Crippen LogP contribution in [-0.2, 0) is 11.3 Å². The molecule has 1 aromatic heterocycles. The van der Waals surface area contributed by atoms with Gasteiger partial charge in [0.2, 0.25) is 5.91 Å². The van der Waals surface area contributed by atoms with E-state index < -0.39 is 5.41 Å². The zero-order valence-corrected chi connectivity index (χ0v) is 12.2. The first kappa shape index (κ1) is 16.4. The number of thiophene rings is 1. The second-order valence-corrected chi connectivity index (χ2v) is 5.52. The molecule has 1 rings (SSSR count). The smallest absolute Gasteiger partial charge is 0.229 e. The van der Waals surface area contributed by atoms with Crippen LogP contribution in [0.15, 0.2) is 17.5 Å². The molecule has 0 spiro atoms. The standard InChI is InChI=1S/C12H20N2OS.ClH/c1-4-14(8-10-6-5-7-16-10)11(15)12(2,3)9-13;/h5-7H,4,8-9,13H2,1-3H3;1H. The predicted molar refractivity (Wildman–Crippen MR) is 75.5 cm³/mol. The maximum absolute atomic E-state index is 12.2. The molecule has 0 aliphatic carbocycles. The summed E-state index contributed by atoms with van der Waals surface area (Å²) in [5, 5.41) is 2.03. The largest absolute Gasteiger partial charge is 0.337 e. The van der Waals surface area contributed by atoms with Gasteiger partial charge in [0, 0.05) is 18.0 Å². The summed E-state index contributed by atoms with van der Waals surface area (Å²) in [7, 11) is 0. The first-order chi connectivity index (χ1) is 7.51. The molecule has 0 fully saturated rings. The molecule has 0 unspecified atom stereocenters. The third-order valence-corrected chi connectivity index (χ3v) is 3.55. The summed E-state index contributed by atoms with van der Waals surface area (Å²) in [5.41, 5.74) is 5.16. The lowest BCUT2D eigenvalue weighted by Crippen LogP contribution is -2.44. The third-order valence-electron chi connectivity index (χ3n) is 2.68. The first-order valence-electron chi connectivity index (χ1n) is 5.53. The second-order valence-electron chi connectivity index (χ2n) is 4.49. The van der Waals surface area contributed by atoms with Gasteiger partial charge in [0.05, 0.1) is 12.0 Å². The molecule has 3 nitrogen and oxygen atoms in total. The minimum absolute atomic E-state index is 0. The molecule has 1 amide bonds. The van der Waals surface area contributed by atoms with E-state index in [0.29, 0.717) is 13.1 Å². The summed E-state index contributed by atoms with van der Waals surface area (Å²) in [6, 6.07) is 4.06. The summed E-state index contributed by atoms with van der Waals surface area (Å²) in [6.45, 7) is 7.58. The second kappa shape index (κ2) is 6.99. The maximum atomic E-state index is 12.2. The van der Waals surface area contributed by atoms with Crippen molar-refractivity contribution in [3.8, 4) is 0 Å². The zero-order chi connectivity index (χ0) is 12.2. The van der Waals surface area contributed by atoms with Crippen molar-refractivity contribution < 1.29 is 4.79 Å². The molecule has 0 atom stereocenters. The van der Waals surface area contributed by atoms with Crippen LogP contribution < -0.4 is 5.73 Å². The minimum Gasteiger partial charge on any atom is -0.337 e. The van der Waals surface area contributed by atoms with Crippen molar-refractivity contribution in [1.29, 1.82) is 0 Å². The molecule has 1 heterocycles. The molecule has 0 aliphatic heterocycles. The number of nitrogens with zero attached hydrogens (tertiary/aromatic N) is 1. The molecule has 5 heteroatoms. The van der Waals surface area contributed by atoms with Crippen LogP contribution in [0.25, 0.3) is 0 Å². The quantitative estimate of drug-likeness (QED) is 0.898. The van der Waals surface area contributed by atoms with E-state index in [1.807, 2.05) is 37.1 Å². The molecule has 2 N–H and O–H groups in total. The van der Waals surface area contributed by atoms with Crippen LogP contribution in [0.4, 0.5) is 0 Å². The molecule has 0 aliphatic rings. The fourth-order valence-electron chi connectivity index (χ4n) is 1.43. The number of hydrogen-bond acceptors (Lipinski definition) is 3. The SMILES string of the molecule is CCN(Cc1cccs1)C(=O)C(C)(C)CN.Cl. The van der Waals surface area contributed by atoms with Crippen LogP contribution in [0.2, 0.25) is 0 Å². The van der Waals surface area contributed by atoms with Gasteiger partial charge in [-0.25, -0.2) is 0 Å². The number of halogens is 1. The Labute approximate surface area is 113 Å². The van der Waals surface area contributed by atoms with E-state index in [4.69, 9.17) is 5.73 Å². The van der Waals surface area contributed by atoms with E-state index in [0.717, 1.165) is 6.54 Å². The van der Waals surface area contributed by atoms with Crippen LogP contribution in [0.1, 0.15) is 25.6 Å². The van der Waals surface area contributed by atoms with Crippen molar-refractivity contribution >= 4 is 29.7 Å². The van der Waals surface area contributed by atoms with Gasteiger partial charge in [0.1, 0.15) is 0 Å². The van der Waals surface area contributed by atoms with Gasteiger partial charge in [-0.1, -0.05) is 6.07 Å². The molecule has 1 aromatic rings. The summed E-state index contributed by atoms with van der Waals surface area (Å²) in [5.74, 6) is 0.130.